The maximum absolute atomic E-state index is 12.5. The van der Waals surface area contributed by atoms with Crippen molar-refractivity contribution in [1.82, 2.24) is 15.2 Å². The van der Waals surface area contributed by atoms with Crippen molar-refractivity contribution in [3.63, 3.8) is 0 Å². The van der Waals surface area contributed by atoms with Crippen LogP contribution in [0.15, 0.2) is 30.5 Å². The topological polar surface area (TPSA) is 54.5 Å². The van der Waals surface area contributed by atoms with Gasteiger partial charge in [0.2, 0.25) is 0 Å². The molecule has 1 atom stereocenters. The summed E-state index contributed by atoms with van der Waals surface area (Å²) in [4.78, 5) is 19.5. The smallest absolute Gasteiger partial charge is 0.265 e. The molecule has 1 unspecified atom stereocenters. The minimum atomic E-state index is 0.0746. The highest BCUT2D eigenvalue weighted by atomic mass is 32.1. The summed E-state index contributed by atoms with van der Waals surface area (Å²) >= 11 is 1.44. The van der Waals surface area contributed by atoms with Gasteiger partial charge >= 0.3 is 0 Å². The summed E-state index contributed by atoms with van der Waals surface area (Å²) in [6.07, 6.45) is 1.68. The number of hydrogen-bond acceptors (Lipinski definition) is 5. The molecule has 0 spiro atoms. The number of aromatic nitrogens is 1. The summed E-state index contributed by atoms with van der Waals surface area (Å²) in [5, 5.41) is 4.20. The SMILES string of the molecule is COc1ccc(-c2ncc(C(=O)N3CCNC(C)C3)s2)cc1. The minimum absolute atomic E-state index is 0.0746. The first-order valence-electron chi connectivity index (χ1n) is 7.30. The number of rotatable bonds is 3. The van der Waals surface area contributed by atoms with Gasteiger partial charge in [-0.25, -0.2) is 4.98 Å². The summed E-state index contributed by atoms with van der Waals surface area (Å²) in [6, 6.07) is 8.05. The van der Waals surface area contributed by atoms with Crippen LogP contribution in [0.3, 0.4) is 0 Å². The highest BCUT2D eigenvalue weighted by Gasteiger charge is 2.23. The van der Waals surface area contributed by atoms with Gasteiger partial charge in [-0.15, -0.1) is 11.3 Å². The van der Waals surface area contributed by atoms with Gasteiger partial charge in [-0.2, -0.15) is 0 Å². The van der Waals surface area contributed by atoms with Crippen LogP contribution in [-0.2, 0) is 0 Å². The molecule has 116 valence electrons. The zero-order chi connectivity index (χ0) is 15.5. The molecular formula is C16H19N3O2S. The number of benzene rings is 1. The lowest BCUT2D eigenvalue weighted by Crippen LogP contribution is -2.51. The first-order valence-corrected chi connectivity index (χ1v) is 8.12. The summed E-state index contributed by atoms with van der Waals surface area (Å²) in [5.74, 6) is 0.886. The van der Waals surface area contributed by atoms with E-state index in [0.717, 1.165) is 36.0 Å². The highest BCUT2D eigenvalue weighted by Crippen LogP contribution is 2.27. The fourth-order valence-corrected chi connectivity index (χ4v) is 3.40. The van der Waals surface area contributed by atoms with E-state index in [0.29, 0.717) is 10.9 Å². The van der Waals surface area contributed by atoms with Crippen molar-refractivity contribution in [2.24, 2.45) is 0 Å². The molecule has 0 bridgehead atoms. The number of hydrogen-bond donors (Lipinski definition) is 1. The number of nitrogens with zero attached hydrogens (tertiary/aromatic N) is 2. The zero-order valence-corrected chi connectivity index (χ0v) is 13.5. The predicted octanol–water partition coefficient (Wildman–Crippen LogP) is 2.25. The number of methoxy groups -OCH3 is 1. The molecule has 1 amide bonds. The Morgan fingerprint density at radius 1 is 1.41 bits per heavy atom. The van der Waals surface area contributed by atoms with E-state index in [1.807, 2.05) is 29.2 Å². The lowest BCUT2D eigenvalue weighted by molar-refractivity contribution is 0.0714. The predicted molar refractivity (Wildman–Crippen MR) is 87.5 cm³/mol. The van der Waals surface area contributed by atoms with Gasteiger partial charge in [0.05, 0.1) is 13.3 Å². The maximum atomic E-state index is 12.5. The summed E-state index contributed by atoms with van der Waals surface area (Å²) in [5.41, 5.74) is 0.999. The number of nitrogens with one attached hydrogen (secondary N) is 1. The first-order chi connectivity index (χ1) is 10.7. The second-order valence-corrected chi connectivity index (χ2v) is 6.40. The van der Waals surface area contributed by atoms with Gasteiger partial charge in [0.1, 0.15) is 15.6 Å². The van der Waals surface area contributed by atoms with Crippen LogP contribution in [0.4, 0.5) is 0 Å². The average Bonchev–Trinajstić information content (AvgIpc) is 3.04. The fourth-order valence-electron chi connectivity index (χ4n) is 2.51. The molecule has 0 radical (unpaired) electrons. The van der Waals surface area contributed by atoms with Crippen molar-refractivity contribution in [2.75, 3.05) is 26.7 Å². The van der Waals surface area contributed by atoms with E-state index in [9.17, 15) is 4.79 Å². The molecule has 1 aliphatic heterocycles. The van der Waals surface area contributed by atoms with E-state index >= 15 is 0 Å². The third-order valence-electron chi connectivity index (χ3n) is 3.71. The van der Waals surface area contributed by atoms with Crippen molar-refractivity contribution < 1.29 is 9.53 Å². The molecule has 5 nitrogen and oxygen atoms in total. The Morgan fingerprint density at radius 3 is 2.86 bits per heavy atom. The molecule has 1 fully saturated rings. The third-order valence-corrected chi connectivity index (χ3v) is 4.74. The van der Waals surface area contributed by atoms with Crippen LogP contribution in [-0.4, -0.2) is 48.6 Å². The molecule has 2 aromatic rings. The Bertz CT molecular complexity index is 654. The average molecular weight is 317 g/mol. The Hall–Kier alpha value is -1.92. The number of carbonyl (C=O) groups is 1. The first kappa shape index (κ1) is 15.0. The summed E-state index contributed by atoms with van der Waals surface area (Å²) in [7, 11) is 1.64. The van der Waals surface area contributed by atoms with Gasteiger partial charge in [-0.3, -0.25) is 4.79 Å². The molecule has 0 saturated carbocycles. The monoisotopic (exact) mass is 317 g/mol. The Labute approximate surface area is 133 Å². The maximum Gasteiger partial charge on any atom is 0.265 e. The van der Waals surface area contributed by atoms with Gasteiger partial charge in [-0.05, 0) is 31.2 Å². The molecule has 1 aliphatic rings. The minimum Gasteiger partial charge on any atom is -0.497 e. The third kappa shape index (κ3) is 3.13. The summed E-state index contributed by atoms with van der Waals surface area (Å²) < 4.78 is 5.15. The molecule has 2 heterocycles. The lowest BCUT2D eigenvalue weighted by atomic mass is 10.2. The quantitative estimate of drug-likeness (QED) is 0.943. The van der Waals surface area contributed by atoms with Crippen LogP contribution in [0.25, 0.3) is 10.6 Å². The van der Waals surface area contributed by atoms with Crippen LogP contribution in [0, 0.1) is 0 Å². The molecule has 1 aromatic carbocycles. The molecule has 3 rings (SSSR count). The normalized spacial score (nSPS) is 18.3. The molecule has 1 N–H and O–H groups in total. The Kier molecular flexibility index (Phi) is 4.40. The molecule has 0 aliphatic carbocycles. The molecule has 1 aromatic heterocycles. The van der Waals surface area contributed by atoms with Gasteiger partial charge in [0, 0.05) is 31.2 Å². The van der Waals surface area contributed by atoms with Gasteiger partial charge < -0.3 is 15.0 Å². The largest absolute Gasteiger partial charge is 0.497 e. The number of piperazine rings is 1. The van der Waals surface area contributed by atoms with Crippen molar-refractivity contribution >= 4 is 17.2 Å². The van der Waals surface area contributed by atoms with Crippen LogP contribution in [0.1, 0.15) is 16.6 Å². The number of carbonyl (C=O) groups excluding carboxylic acids is 1. The van der Waals surface area contributed by atoms with Crippen LogP contribution >= 0.6 is 11.3 Å². The second kappa shape index (κ2) is 6.46. The molecule has 6 heteroatoms. The second-order valence-electron chi connectivity index (χ2n) is 5.36. The lowest BCUT2D eigenvalue weighted by Gasteiger charge is -2.31. The van der Waals surface area contributed by atoms with Crippen LogP contribution in [0.5, 0.6) is 5.75 Å². The van der Waals surface area contributed by atoms with Gasteiger partial charge in [0.15, 0.2) is 0 Å². The van der Waals surface area contributed by atoms with E-state index in [1.165, 1.54) is 11.3 Å². The number of ether oxygens (including phenoxy) is 1. The molecule has 1 saturated heterocycles. The van der Waals surface area contributed by atoms with E-state index in [-0.39, 0.29) is 5.91 Å². The Morgan fingerprint density at radius 2 is 2.18 bits per heavy atom. The van der Waals surface area contributed by atoms with Gasteiger partial charge in [0.25, 0.3) is 5.91 Å². The van der Waals surface area contributed by atoms with Crippen LogP contribution < -0.4 is 10.1 Å². The molecular weight excluding hydrogens is 298 g/mol. The van der Waals surface area contributed by atoms with E-state index in [2.05, 4.69) is 17.2 Å². The highest BCUT2D eigenvalue weighted by molar-refractivity contribution is 7.16. The van der Waals surface area contributed by atoms with E-state index in [1.54, 1.807) is 13.3 Å². The standard InChI is InChI=1S/C16H19N3O2S/c1-11-10-19(8-7-17-11)16(20)14-9-18-15(22-14)12-3-5-13(21-2)6-4-12/h3-6,9,11,17H,7-8,10H2,1-2H3. The van der Waals surface area contributed by atoms with Crippen molar-refractivity contribution in [3.05, 3.63) is 35.3 Å². The van der Waals surface area contributed by atoms with E-state index < -0.39 is 0 Å². The summed E-state index contributed by atoms with van der Waals surface area (Å²) in [6.45, 7) is 4.43. The molecule has 22 heavy (non-hydrogen) atoms. The van der Waals surface area contributed by atoms with Crippen molar-refractivity contribution in [1.29, 1.82) is 0 Å². The van der Waals surface area contributed by atoms with E-state index in [4.69, 9.17) is 4.74 Å². The van der Waals surface area contributed by atoms with Gasteiger partial charge in [-0.1, -0.05) is 0 Å². The van der Waals surface area contributed by atoms with Crippen molar-refractivity contribution in [2.45, 2.75) is 13.0 Å². The number of thiazole rings is 1. The van der Waals surface area contributed by atoms with Crippen LogP contribution in [0.2, 0.25) is 0 Å². The number of amides is 1. The fraction of sp³-hybridized carbons (Fsp3) is 0.375. The Balaban J connectivity index is 1.76. The zero-order valence-electron chi connectivity index (χ0n) is 12.7. The van der Waals surface area contributed by atoms with Crippen molar-refractivity contribution in [3.8, 4) is 16.3 Å².